The molecule has 3 rings (SSSR count). The van der Waals surface area contributed by atoms with Crippen molar-refractivity contribution >= 4 is 5.91 Å². The monoisotopic (exact) mass is 1070 g/mol. The molecule has 12 N–H and O–H groups in total. The third-order valence-electron chi connectivity index (χ3n) is 13.5. The summed E-state index contributed by atoms with van der Waals surface area (Å²) in [5, 5.41) is 119. The van der Waals surface area contributed by atoms with Crippen molar-refractivity contribution in [1.29, 1.82) is 0 Å². The molecule has 432 valence electrons. The number of carbonyl (C=O) groups excluding carboxylic acids is 1. The minimum Gasteiger partial charge on any atom is -0.394 e. The summed E-state index contributed by atoms with van der Waals surface area (Å²) in [4.78, 5) is 13.2. The van der Waals surface area contributed by atoms with Crippen LogP contribution < -0.4 is 5.32 Å². The highest BCUT2D eigenvalue weighted by Gasteiger charge is 2.53. The van der Waals surface area contributed by atoms with Crippen LogP contribution in [0.2, 0.25) is 0 Å². The predicted octanol–water partition coefficient (Wildman–Crippen LogP) is 3.48. The topological polar surface area (TPSA) is 307 Å². The average molecular weight is 1070 g/mol. The molecule has 0 aromatic rings. The summed E-state index contributed by atoms with van der Waals surface area (Å²) < 4.78 is 34.0. The van der Waals surface area contributed by atoms with Gasteiger partial charge in [0.2, 0.25) is 5.91 Å². The standard InChI is InChI=1S/C56H95NO18/c1-3-5-7-9-10-11-12-13-14-15-16-17-18-19-20-21-22-23-24-25-26-27-28-30-32-34-44(62)57-39(40(61)33-31-29-8-6-4-2)38-70-54-50(68)47(65)52(42(36-59)72-54)75-56-51(69)48(66)53(43(37-60)73-56)74-55-49(67)46(64)45(63)41(35-58)71-55/h5,7,10-11,13-14,16-17,19-20,31,33,39-43,45-56,58-61,63-69H,3-4,6,8-9,12,15,18,21-30,32,34-38H2,1-2H3,(H,57,62)/b7-5-,11-10-,14-13-,17-16-,20-19-,33-31+. The Morgan fingerprint density at radius 3 is 1.44 bits per heavy atom. The van der Waals surface area contributed by atoms with Crippen LogP contribution in [0.25, 0.3) is 0 Å². The third kappa shape index (κ3) is 24.4. The van der Waals surface area contributed by atoms with Crippen LogP contribution in [0.1, 0.15) is 142 Å². The molecular weight excluding hydrogens is 975 g/mol. The van der Waals surface area contributed by atoms with E-state index in [1.165, 1.54) is 25.7 Å². The second-order valence-electron chi connectivity index (χ2n) is 19.7. The molecule has 3 aliphatic heterocycles. The lowest BCUT2D eigenvalue weighted by molar-refractivity contribution is -0.379. The van der Waals surface area contributed by atoms with Crippen LogP contribution in [-0.2, 0) is 33.2 Å². The molecule has 0 aliphatic carbocycles. The van der Waals surface area contributed by atoms with E-state index < -0.39 is 124 Å². The van der Waals surface area contributed by atoms with Crippen LogP contribution in [-0.4, -0.2) is 193 Å². The Balaban J connectivity index is 1.40. The van der Waals surface area contributed by atoms with E-state index in [-0.39, 0.29) is 18.9 Å². The smallest absolute Gasteiger partial charge is 0.220 e. The summed E-state index contributed by atoms with van der Waals surface area (Å²) in [6.07, 6.45) is 18.2. The Morgan fingerprint density at radius 1 is 0.493 bits per heavy atom. The molecule has 19 nitrogen and oxygen atoms in total. The highest BCUT2D eigenvalue weighted by molar-refractivity contribution is 5.76. The molecule has 3 aliphatic rings. The van der Waals surface area contributed by atoms with Gasteiger partial charge >= 0.3 is 0 Å². The van der Waals surface area contributed by atoms with Crippen molar-refractivity contribution < 1.29 is 89.4 Å². The van der Waals surface area contributed by atoms with E-state index in [0.717, 1.165) is 89.9 Å². The van der Waals surface area contributed by atoms with Gasteiger partial charge in [-0.25, -0.2) is 0 Å². The third-order valence-corrected chi connectivity index (χ3v) is 13.5. The van der Waals surface area contributed by atoms with E-state index in [4.69, 9.17) is 28.4 Å². The van der Waals surface area contributed by atoms with Gasteiger partial charge in [-0.2, -0.15) is 0 Å². The maximum absolute atomic E-state index is 13.2. The summed E-state index contributed by atoms with van der Waals surface area (Å²) in [6.45, 7) is 1.44. The van der Waals surface area contributed by atoms with E-state index in [1.54, 1.807) is 6.08 Å². The number of allylic oxidation sites excluding steroid dienone is 11. The number of aliphatic hydroxyl groups excluding tert-OH is 11. The molecular formula is C56H95NO18. The van der Waals surface area contributed by atoms with Gasteiger partial charge in [-0.3, -0.25) is 4.79 Å². The zero-order chi connectivity index (χ0) is 54.8. The van der Waals surface area contributed by atoms with Crippen molar-refractivity contribution in [3.63, 3.8) is 0 Å². The van der Waals surface area contributed by atoms with E-state index in [1.807, 2.05) is 6.08 Å². The second-order valence-corrected chi connectivity index (χ2v) is 19.7. The lowest BCUT2D eigenvalue weighted by atomic mass is 9.96. The van der Waals surface area contributed by atoms with E-state index in [0.29, 0.717) is 6.42 Å². The van der Waals surface area contributed by atoms with Crippen LogP contribution in [0.15, 0.2) is 72.9 Å². The SMILES string of the molecule is CC/C=C\C/C=C\C/C=C\C/C=C\C/C=C\CCCCCCCCCCCC(=O)NC(COC1OC(CO)C(OC2OC(CO)C(OC3OC(CO)C(O)C(O)C3O)C(O)C2O)C(O)C1O)C(O)/C=C/CCCCC. The highest BCUT2D eigenvalue weighted by Crippen LogP contribution is 2.33. The van der Waals surface area contributed by atoms with E-state index in [9.17, 15) is 61.0 Å². The van der Waals surface area contributed by atoms with Gasteiger partial charge in [0, 0.05) is 6.42 Å². The molecule has 17 unspecified atom stereocenters. The van der Waals surface area contributed by atoms with Crippen molar-refractivity contribution in [2.24, 2.45) is 0 Å². The number of carbonyl (C=O) groups is 1. The number of hydrogen-bond acceptors (Lipinski definition) is 18. The normalized spacial score (nSPS) is 31.8. The summed E-state index contributed by atoms with van der Waals surface area (Å²) in [5.41, 5.74) is 0. The Kier molecular flexibility index (Phi) is 35.1. The number of unbranched alkanes of at least 4 members (excludes halogenated alkanes) is 12. The van der Waals surface area contributed by atoms with Crippen LogP contribution in [0.5, 0.6) is 0 Å². The quantitative estimate of drug-likeness (QED) is 0.0311. The zero-order valence-electron chi connectivity index (χ0n) is 44.5. The van der Waals surface area contributed by atoms with Crippen molar-refractivity contribution in [3.8, 4) is 0 Å². The molecule has 0 spiro atoms. The first-order valence-corrected chi connectivity index (χ1v) is 27.7. The summed E-state index contributed by atoms with van der Waals surface area (Å²) in [5.74, 6) is -0.295. The maximum Gasteiger partial charge on any atom is 0.220 e. The molecule has 1 amide bonds. The van der Waals surface area contributed by atoms with Crippen LogP contribution >= 0.6 is 0 Å². The Bertz CT molecular complexity index is 1660. The lowest BCUT2D eigenvalue weighted by Gasteiger charge is -2.48. The van der Waals surface area contributed by atoms with Gasteiger partial charge in [0.15, 0.2) is 18.9 Å². The molecule has 19 heteroatoms. The number of rotatable bonds is 38. The van der Waals surface area contributed by atoms with E-state index >= 15 is 0 Å². The van der Waals surface area contributed by atoms with E-state index in [2.05, 4.69) is 79.9 Å². The van der Waals surface area contributed by atoms with Crippen LogP contribution in [0, 0.1) is 0 Å². The van der Waals surface area contributed by atoms with Crippen molar-refractivity contribution in [2.75, 3.05) is 26.4 Å². The van der Waals surface area contributed by atoms with Crippen molar-refractivity contribution in [3.05, 3.63) is 72.9 Å². The van der Waals surface area contributed by atoms with Gasteiger partial charge in [-0.15, -0.1) is 0 Å². The molecule has 0 aromatic heterocycles. The molecule has 3 saturated heterocycles. The number of hydrogen-bond donors (Lipinski definition) is 12. The highest BCUT2D eigenvalue weighted by atomic mass is 16.8. The van der Waals surface area contributed by atoms with Gasteiger partial charge in [-0.05, 0) is 64.2 Å². The fourth-order valence-corrected chi connectivity index (χ4v) is 8.92. The van der Waals surface area contributed by atoms with Crippen molar-refractivity contribution in [2.45, 2.75) is 247 Å². The molecule has 0 radical (unpaired) electrons. The molecule has 3 fully saturated rings. The fourth-order valence-electron chi connectivity index (χ4n) is 8.92. The van der Waals surface area contributed by atoms with Gasteiger partial charge in [-0.1, -0.05) is 145 Å². The average Bonchev–Trinajstić information content (AvgIpc) is 3.41. The summed E-state index contributed by atoms with van der Waals surface area (Å²) in [7, 11) is 0. The first kappa shape index (κ1) is 66.5. The number of amides is 1. The van der Waals surface area contributed by atoms with Gasteiger partial charge in [0.25, 0.3) is 0 Å². The minimum atomic E-state index is -1.98. The van der Waals surface area contributed by atoms with Gasteiger partial charge in [0.1, 0.15) is 73.2 Å². The number of nitrogens with one attached hydrogen (secondary N) is 1. The Labute approximate surface area is 445 Å². The Hall–Kier alpha value is -2.77. The fraction of sp³-hybridized carbons (Fsp3) is 0.768. The number of ether oxygens (including phenoxy) is 6. The minimum absolute atomic E-state index is 0.230. The molecule has 0 bridgehead atoms. The van der Waals surface area contributed by atoms with Gasteiger partial charge in [0.05, 0.1) is 38.6 Å². The first-order valence-electron chi connectivity index (χ1n) is 27.7. The molecule has 0 saturated carbocycles. The largest absolute Gasteiger partial charge is 0.394 e. The van der Waals surface area contributed by atoms with Crippen LogP contribution in [0.3, 0.4) is 0 Å². The molecule has 3 heterocycles. The zero-order valence-corrected chi connectivity index (χ0v) is 44.5. The summed E-state index contributed by atoms with van der Waals surface area (Å²) in [6, 6.07) is -0.976. The molecule has 75 heavy (non-hydrogen) atoms. The summed E-state index contributed by atoms with van der Waals surface area (Å²) >= 11 is 0. The predicted molar refractivity (Wildman–Crippen MR) is 281 cm³/mol. The first-order chi connectivity index (χ1) is 36.3. The Morgan fingerprint density at radius 2 is 0.920 bits per heavy atom. The second kappa shape index (κ2) is 39.6. The number of aliphatic hydroxyl groups is 11. The molecule has 17 atom stereocenters. The van der Waals surface area contributed by atoms with Gasteiger partial charge < -0.3 is 89.9 Å². The molecule has 0 aromatic carbocycles. The van der Waals surface area contributed by atoms with Crippen molar-refractivity contribution in [1.82, 2.24) is 5.32 Å². The maximum atomic E-state index is 13.2. The van der Waals surface area contributed by atoms with Crippen LogP contribution in [0.4, 0.5) is 0 Å². The lowest BCUT2D eigenvalue weighted by Crippen LogP contribution is -2.66.